The number of hydrogen-bond acceptors (Lipinski definition) is 5. The molecule has 2 heterocycles. The SMILES string of the molecule is CCC(=O)c1ccc(/C(C)=C/c2nccc(-c3ccc(OC4(C)CCOCC4)c(C#N)c3)c2C)cc1. The van der Waals surface area contributed by atoms with E-state index in [1.807, 2.05) is 69.3 Å². The number of ether oxygens (including phenoxy) is 2. The summed E-state index contributed by atoms with van der Waals surface area (Å²) in [7, 11) is 0. The van der Waals surface area contributed by atoms with Crippen LogP contribution in [0.2, 0.25) is 0 Å². The Balaban J connectivity index is 1.61. The van der Waals surface area contributed by atoms with Gasteiger partial charge in [-0.2, -0.15) is 5.26 Å². The molecular weight excluding hydrogens is 448 g/mol. The van der Waals surface area contributed by atoms with Crippen LogP contribution in [0.15, 0.2) is 54.7 Å². The first-order chi connectivity index (χ1) is 17.3. The third kappa shape index (κ3) is 5.56. The summed E-state index contributed by atoms with van der Waals surface area (Å²) in [6, 6.07) is 17.8. The zero-order chi connectivity index (χ0) is 25.7. The third-order valence-electron chi connectivity index (χ3n) is 6.90. The normalized spacial score (nSPS) is 15.2. The second kappa shape index (κ2) is 10.9. The van der Waals surface area contributed by atoms with Gasteiger partial charge in [0.25, 0.3) is 0 Å². The molecule has 0 aliphatic carbocycles. The minimum Gasteiger partial charge on any atom is -0.486 e. The van der Waals surface area contributed by atoms with Crippen molar-refractivity contribution in [1.82, 2.24) is 4.98 Å². The van der Waals surface area contributed by atoms with Gasteiger partial charge in [0.15, 0.2) is 5.78 Å². The van der Waals surface area contributed by atoms with Crippen LogP contribution in [0.3, 0.4) is 0 Å². The monoisotopic (exact) mass is 480 g/mol. The van der Waals surface area contributed by atoms with E-state index in [0.717, 1.165) is 51.9 Å². The van der Waals surface area contributed by atoms with Crippen LogP contribution in [-0.2, 0) is 4.74 Å². The van der Waals surface area contributed by atoms with Crippen molar-refractivity contribution in [2.24, 2.45) is 0 Å². The summed E-state index contributed by atoms with van der Waals surface area (Å²) >= 11 is 0. The van der Waals surface area contributed by atoms with E-state index in [1.54, 1.807) is 6.20 Å². The summed E-state index contributed by atoms with van der Waals surface area (Å²) in [6.07, 6.45) is 5.96. The maximum Gasteiger partial charge on any atom is 0.162 e. The van der Waals surface area contributed by atoms with E-state index in [9.17, 15) is 10.1 Å². The van der Waals surface area contributed by atoms with Gasteiger partial charge in [-0.3, -0.25) is 9.78 Å². The summed E-state index contributed by atoms with van der Waals surface area (Å²) < 4.78 is 11.8. The summed E-state index contributed by atoms with van der Waals surface area (Å²) in [5.74, 6) is 0.752. The highest BCUT2D eigenvalue weighted by Gasteiger charge is 2.30. The fourth-order valence-electron chi connectivity index (χ4n) is 4.47. The second-order valence-electron chi connectivity index (χ2n) is 9.54. The molecular formula is C31H32N2O3. The van der Waals surface area contributed by atoms with Crippen LogP contribution in [-0.4, -0.2) is 29.6 Å². The van der Waals surface area contributed by atoms with Gasteiger partial charge in [0.2, 0.25) is 0 Å². The number of ketones is 1. The zero-order valence-corrected chi connectivity index (χ0v) is 21.4. The maximum atomic E-state index is 11.9. The van der Waals surface area contributed by atoms with Gasteiger partial charge >= 0.3 is 0 Å². The highest BCUT2D eigenvalue weighted by Crippen LogP contribution is 2.34. The Labute approximate surface area is 213 Å². The Morgan fingerprint density at radius 2 is 1.83 bits per heavy atom. The van der Waals surface area contributed by atoms with Gasteiger partial charge < -0.3 is 9.47 Å². The van der Waals surface area contributed by atoms with Crippen molar-refractivity contribution in [3.63, 3.8) is 0 Å². The Kier molecular flexibility index (Phi) is 7.67. The van der Waals surface area contributed by atoms with Crippen LogP contribution in [0.4, 0.5) is 0 Å². The van der Waals surface area contributed by atoms with E-state index < -0.39 is 0 Å². The number of nitrogens with zero attached hydrogens (tertiary/aromatic N) is 2. The molecule has 0 N–H and O–H groups in total. The number of benzene rings is 2. The van der Waals surface area contributed by atoms with Gasteiger partial charge in [-0.1, -0.05) is 37.3 Å². The number of nitriles is 1. The molecule has 36 heavy (non-hydrogen) atoms. The number of rotatable bonds is 7. The Hall–Kier alpha value is -3.75. The van der Waals surface area contributed by atoms with Gasteiger partial charge in [-0.05, 0) is 72.9 Å². The van der Waals surface area contributed by atoms with Crippen LogP contribution < -0.4 is 4.74 Å². The fourth-order valence-corrected chi connectivity index (χ4v) is 4.47. The first kappa shape index (κ1) is 25.3. The summed E-state index contributed by atoms with van der Waals surface area (Å²) in [5, 5.41) is 9.84. The molecule has 5 nitrogen and oxygen atoms in total. The topological polar surface area (TPSA) is 72.2 Å². The van der Waals surface area contributed by atoms with E-state index in [1.165, 1.54) is 0 Å². The minimum atomic E-state index is -0.324. The molecule has 0 atom stereocenters. The summed E-state index contributed by atoms with van der Waals surface area (Å²) in [4.78, 5) is 16.5. The van der Waals surface area contributed by atoms with Gasteiger partial charge in [0.05, 0.1) is 24.5 Å². The lowest BCUT2D eigenvalue weighted by Crippen LogP contribution is -2.38. The van der Waals surface area contributed by atoms with Crippen molar-refractivity contribution < 1.29 is 14.3 Å². The first-order valence-electron chi connectivity index (χ1n) is 12.4. The van der Waals surface area contributed by atoms with E-state index in [2.05, 4.69) is 24.1 Å². The van der Waals surface area contributed by atoms with Gasteiger partial charge in [0, 0.05) is 31.0 Å². The van der Waals surface area contributed by atoms with Crippen LogP contribution in [0, 0.1) is 18.3 Å². The molecule has 0 amide bonds. The molecule has 1 aliphatic heterocycles. The molecule has 0 radical (unpaired) electrons. The van der Waals surface area contributed by atoms with Crippen molar-refractivity contribution in [2.75, 3.05) is 13.2 Å². The van der Waals surface area contributed by atoms with Gasteiger partial charge in [-0.25, -0.2) is 0 Å². The molecule has 0 bridgehead atoms. The molecule has 4 rings (SSSR count). The van der Waals surface area contributed by atoms with Crippen LogP contribution in [0.5, 0.6) is 5.75 Å². The lowest BCUT2D eigenvalue weighted by atomic mass is 9.95. The summed E-state index contributed by atoms with van der Waals surface area (Å²) in [5.41, 5.74) is 6.90. The molecule has 0 saturated carbocycles. The van der Waals surface area contributed by atoms with Crippen molar-refractivity contribution in [1.29, 1.82) is 5.26 Å². The number of pyridine rings is 1. The molecule has 1 fully saturated rings. The fraction of sp³-hybridized carbons (Fsp3) is 0.323. The lowest BCUT2D eigenvalue weighted by Gasteiger charge is -2.34. The third-order valence-corrected chi connectivity index (χ3v) is 6.90. The minimum absolute atomic E-state index is 0.142. The Morgan fingerprint density at radius 3 is 2.50 bits per heavy atom. The molecule has 2 aromatic carbocycles. The quantitative estimate of drug-likeness (QED) is 0.340. The molecule has 1 saturated heterocycles. The standard InChI is InChI=1S/C31H32N2O3/c1-5-29(34)24-8-6-23(7-9-24)21(2)18-28-22(3)27(12-15-33-28)25-10-11-30(26(19-25)20-32)36-31(4)13-16-35-17-14-31/h6-12,15,18-19H,5,13-14,16-17H2,1-4H3/b21-18+. The van der Waals surface area contributed by atoms with Crippen molar-refractivity contribution >= 4 is 17.4 Å². The predicted octanol–water partition coefficient (Wildman–Crippen LogP) is 7.03. The highest BCUT2D eigenvalue weighted by atomic mass is 16.5. The molecule has 0 unspecified atom stereocenters. The molecule has 1 aliphatic rings. The molecule has 1 aromatic heterocycles. The average Bonchev–Trinajstić information content (AvgIpc) is 2.90. The lowest BCUT2D eigenvalue weighted by molar-refractivity contribution is -0.0344. The molecule has 3 aromatic rings. The number of allylic oxidation sites excluding steroid dienone is 1. The summed E-state index contributed by atoms with van der Waals surface area (Å²) in [6.45, 7) is 9.38. The maximum absolute atomic E-state index is 11.9. The predicted molar refractivity (Wildman–Crippen MR) is 143 cm³/mol. The number of hydrogen-bond donors (Lipinski definition) is 0. The second-order valence-corrected chi connectivity index (χ2v) is 9.54. The van der Waals surface area contributed by atoms with E-state index >= 15 is 0 Å². The van der Waals surface area contributed by atoms with Crippen LogP contribution >= 0.6 is 0 Å². The molecule has 5 heteroatoms. The van der Waals surface area contributed by atoms with Crippen molar-refractivity contribution in [3.8, 4) is 22.9 Å². The van der Waals surface area contributed by atoms with E-state index in [4.69, 9.17) is 9.47 Å². The van der Waals surface area contributed by atoms with Crippen LogP contribution in [0.1, 0.15) is 72.8 Å². The van der Waals surface area contributed by atoms with Crippen molar-refractivity contribution in [3.05, 3.63) is 82.7 Å². The Morgan fingerprint density at radius 1 is 1.14 bits per heavy atom. The Bertz CT molecular complexity index is 1330. The average molecular weight is 481 g/mol. The number of carbonyl (C=O) groups excluding carboxylic acids is 1. The molecule has 184 valence electrons. The van der Waals surface area contributed by atoms with E-state index in [0.29, 0.717) is 30.9 Å². The number of Topliss-reactive ketones (excluding diaryl/α,β-unsaturated/α-hetero) is 1. The number of aromatic nitrogens is 1. The van der Waals surface area contributed by atoms with Crippen molar-refractivity contribution in [2.45, 2.75) is 52.6 Å². The number of carbonyl (C=O) groups is 1. The van der Waals surface area contributed by atoms with Gasteiger partial charge in [0.1, 0.15) is 17.4 Å². The van der Waals surface area contributed by atoms with E-state index in [-0.39, 0.29) is 11.4 Å². The zero-order valence-electron chi connectivity index (χ0n) is 21.4. The highest BCUT2D eigenvalue weighted by molar-refractivity contribution is 5.96. The first-order valence-corrected chi connectivity index (χ1v) is 12.4. The molecule has 0 spiro atoms. The van der Waals surface area contributed by atoms with Crippen LogP contribution in [0.25, 0.3) is 22.8 Å². The smallest absolute Gasteiger partial charge is 0.162 e. The van der Waals surface area contributed by atoms with Gasteiger partial charge in [-0.15, -0.1) is 0 Å². The largest absolute Gasteiger partial charge is 0.486 e.